The first-order valence-electron chi connectivity index (χ1n) is 6.91. The summed E-state index contributed by atoms with van der Waals surface area (Å²) < 4.78 is 0. The maximum atomic E-state index is 10.8. The minimum atomic E-state index is -0.980. The lowest BCUT2D eigenvalue weighted by molar-refractivity contribution is 0.0690. The predicted octanol–water partition coefficient (Wildman–Crippen LogP) is 3.08. The molecule has 0 saturated heterocycles. The zero-order valence-electron chi connectivity index (χ0n) is 12.0. The van der Waals surface area contributed by atoms with E-state index < -0.39 is 5.97 Å². The maximum absolute atomic E-state index is 10.8. The topological polar surface area (TPSA) is 62.2 Å². The zero-order valence-corrected chi connectivity index (χ0v) is 12.0. The van der Waals surface area contributed by atoms with Crippen molar-refractivity contribution in [3.05, 3.63) is 29.6 Å². The van der Waals surface area contributed by atoms with Gasteiger partial charge >= 0.3 is 5.97 Å². The van der Waals surface area contributed by atoms with Crippen molar-refractivity contribution in [3.8, 4) is 0 Å². The Kier molecular flexibility index (Phi) is 6.50. The summed E-state index contributed by atoms with van der Waals surface area (Å²) >= 11 is 0. The Morgan fingerprint density at radius 1 is 1.32 bits per heavy atom. The van der Waals surface area contributed by atoms with E-state index in [1.807, 2.05) is 6.07 Å². The van der Waals surface area contributed by atoms with Crippen LogP contribution < -0.4 is 5.32 Å². The number of aromatic nitrogens is 1. The second-order valence-electron chi connectivity index (χ2n) is 5.43. The average Bonchev–Trinajstić information content (AvgIpc) is 2.36. The molecule has 0 radical (unpaired) electrons. The molecule has 1 rings (SSSR count). The summed E-state index contributed by atoms with van der Waals surface area (Å²) in [7, 11) is 0. The lowest BCUT2D eigenvalue weighted by Gasteiger charge is -2.14. The number of carbonyl (C=O) groups is 1. The summed E-state index contributed by atoms with van der Waals surface area (Å²) in [5.41, 5.74) is 0.877. The molecule has 0 fully saturated rings. The van der Waals surface area contributed by atoms with E-state index in [0.717, 1.165) is 18.0 Å². The molecule has 0 aromatic carbocycles. The molecule has 4 heteroatoms. The monoisotopic (exact) mass is 264 g/mol. The number of pyridine rings is 1. The Morgan fingerprint density at radius 3 is 2.68 bits per heavy atom. The minimum absolute atomic E-state index is 0.103. The van der Waals surface area contributed by atoms with Crippen LogP contribution in [0, 0.1) is 5.92 Å². The molecule has 1 heterocycles. The van der Waals surface area contributed by atoms with Crippen LogP contribution in [-0.2, 0) is 6.54 Å². The zero-order chi connectivity index (χ0) is 14.3. The SMILES string of the molecule is CC(C)CCCC(C)NCc1cccc(C(=O)O)n1. The molecular formula is C15H24N2O2. The van der Waals surface area contributed by atoms with Gasteiger partial charge in [-0.25, -0.2) is 9.78 Å². The van der Waals surface area contributed by atoms with Crippen LogP contribution in [0.15, 0.2) is 18.2 Å². The molecular weight excluding hydrogens is 240 g/mol. The molecule has 106 valence electrons. The maximum Gasteiger partial charge on any atom is 0.354 e. The molecule has 1 aromatic rings. The van der Waals surface area contributed by atoms with Gasteiger partial charge in [0, 0.05) is 12.6 Å². The van der Waals surface area contributed by atoms with Crippen LogP contribution in [0.4, 0.5) is 0 Å². The molecule has 4 nitrogen and oxygen atoms in total. The summed E-state index contributed by atoms with van der Waals surface area (Å²) in [5.74, 6) is -0.229. The molecule has 0 aliphatic rings. The smallest absolute Gasteiger partial charge is 0.354 e. The van der Waals surface area contributed by atoms with Crippen molar-refractivity contribution in [2.24, 2.45) is 5.92 Å². The number of rotatable bonds is 8. The predicted molar refractivity (Wildman–Crippen MR) is 76.2 cm³/mol. The van der Waals surface area contributed by atoms with Crippen LogP contribution in [0.1, 0.15) is 56.2 Å². The van der Waals surface area contributed by atoms with Crippen molar-refractivity contribution in [1.29, 1.82) is 0 Å². The Hall–Kier alpha value is -1.42. The third-order valence-electron chi connectivity index (χ3n) is 3.08. The number of aromatic carboxylic acids is 1. The van der Waals surface area contributed by atoms with Crippen LogP contribution in [0.25, 0.3) is 0 Å². The standard InChI is InChI=1S/C15H24N2O2/c1-11(2)6-4-7-12(3)16-10-13-8-5-9-14(17-13)15(18)19/h5,8-9,11-12,16H,4,6-7,10H2,1-3H3,(H,18,19). The van der Waals surface area contributed by atoms with Gasteiger partial charge in [-0.2, -0.15) is 0 Å². The van der Waals surface area contributed by atoms with Gasteiger partial charge in [-0.3, -0.25) is 0 Å². The van der Waals surface area contributed by atoms with Gasteiger partial charge in [0.05, 0.1) is 5.69 Å². The summed E-state index contributed by atoms with van der Waals surface area (Å²) in [6.07, 6.45) is 3.60. The lowest BCUT2D eigenvalue weighted by atomic mass is 10.0. The van der Waals surface area contributed by atoms with Gasteiger partial charge in [-0.1, -0.05) is 32.8 Å². The van der Waals surface area contributed by atoms with E-state index in [9.17, 15) is 4.79 Å². The van der Waals surface area contributed by atoms with Crippen molar-refractivity contribution >= 4 is 5.97 Å². The minimum Gasteiger partial charge on any atom is -0.477 e. The van der Waals surface area contributed by atoms with Crippen LogP contribution in [0.5, 0.6) is 0 Å². The van der Waals surface area contributed by atoms with Crippen molar-refractivity contribution in [3.63, 3.8) is 0 Å². The van der Waals surface area contributed by atoms with E-state index in [0.29, 0.717) is 12.6 Å². The van der Waals surface area contributed by atoms with Gasteiger partial charge in [0.2, 0.25) is 0 Å². The first-order valence-corrected chi connectivity index (χ1v) is 6.91. The van der Waals surface area contributed by atoms with E-state index in [4.69, 9.17) is 5.11 Å². The molecule has 1 aromatic heterocycles. The number of hydrogen-bond donors (Lipinski definition) is 2. The molecule has 0 bridgehead atoms. The lowest BCUT2D eigenvalue weighted by Crippen LogP contribution is -2.26. The molecule has 1 unspecified atom stereocenters. The van der Waals surface area contributed by atoms with Gasteiger partial charge in [0.1, 0.15) is 5.69 Å². The fourth-order valence-electron chi connectivity index (χ4n) is 1.91. The Bertz CT molecular complexity index is 405. The van der Waals surface area contributed by atoms with Crippen LogP contribution in [-0.4, -0.2) is 22.1 Å². The molecule has 1 atom stereocenters. The van der Waals surface area contributed by atoms with Gasteiger partial charge in [-0.15, -0.1) is 0 Å². The highest BCUT2D eigenvalue weighted by atomic mass is 16.4. The van der Waals surface area contributed by atoms with E-state index in [-0.39, 0.29) is 5.69 Å². The van der Waals surface area contributed by atoms with Gasteiger partial charge in [0.25, 0.3) is 0 Å². The van der Waals surface area contributed by atoms with E-state index in [1.165, 1.54) is 18.9 Å². The summed E-state index contributed by atoms with van der Waals surface area (Å²) in [6.45, 7) is 7.24. The summed E-state index contributed by atoms with van der Waals surface area (Å²) in [6, 6.07) is 5.52. The quantitative estimate of drug-likeness (QED) is 0.757. The van der Waals surface area contributed by atoms with Crippen molar-refractivity contribution in [1.82, 2.24) is 10.3 Å². The second kappa shape index (κ2) is 7.89. The normalized spacial score (nSPS) is 12.6. The van der Waals surface area contributed by atoms with E-state index in [2.05, 4.69) is 31.1 Å². The summed E-state index contributed by atoms with van der Waals surface area (Å²) in [4.78, 5) is 14.9. The highest BCUT2D eigenvalue weighted by Gasteiger charge is 2.06. The average molecular weight is 264 g/mol. The highest BCUT2D eigenvalue weighted by molar-refractivity contribution is 5.85. The van der Waals surface area contributed by atoms with Crippen molar-refractivity contribution < 1.29 is 9.90 Å². The first kappa shape index (κ1) is 15.6. The highest BCUT2D eigenvalue weighted by Crippen LogP contribution is 2.08. The number of carboxylic acids is 1. The van der Waals surface area contributed by atoms with E-state index >= 15 is 0 Å². The molecule has 0 spiro atoms. The Balaban J connectivity index is 2.35. The molecule has 19 heavy (non-hydrogen) atoms. The number of hydrogen-bond acceptors (Lipinski definition) is 3. The molecule has 0 aliphatic carbocycles. The summed E-state index contributed by atoms with van der Waals surface area (Å²) in [5, 5.41) is 12.3. The Morgan fingerprint density at radius 2 is 2.05 bits per heavy atom. The first-order chi connectivity index (χ1) is 8.99. The largest absolute Gasteiger partial charge is 0.477 e. The third kappa shape index (κ3) is 6.34. The van der Waals surface area contributed by atoms with Crippen LogP contribution in [0.3, 0.4) is 0 Å². The van der Waals surface area contributed by atoms with Crippen LogP contribution in [0.2, 0.25) is 0 Å². The van der Waals surface area contributed by atoms with Crippen LogP contribution >= 0.6 is 0 Å². The molecule has 0 aliphatic heterocycles. The second-order valence-corrected chi connectivity index (χ2v) is 5.43. The van der Waals surface area contributed by atoms with E-state index in [1.54, 1.807) is 6.07 Å². The number of carboxylic acid groups (broad SMARTS) is 1. The van der Waals surface area contributed by atoms with Gasteiger partial charge in [-0.05, 0) is 31.4 Å². The third-order valence-corrected chi connectivity index (χ3v) is 3.08. The molecule has 0 saturated carbocycles. The van der Waals surface area contributed by atoms with Crippen molar-refractivity contribution in [2.75, 3.05) is 0 Å². The number of nitrogens with one attached hydrogen (secondary N) is 1. The van der Waals surface area contributed by atoms with Gasteiger partial charge in [0.15, 0.2) is 0 Å². The fraction of sp³-hybridized carbons (Fsp3) is 0.600. The Labute approximate surface area is 115 Å². The van der Waals surface area contributed by atoms with Gasteiger partial charge < -0.3 is 10.4 Å². The number of nitrogens with zero attached hydrogens (tertiary/aromatic N) is 1. The van der Waals surface area contributed by atoms with Crippen molar-refractivity contribution in [2.45, 2.75) is 52.6 Å². The fourth-order valence-corrected chi connectivity index (χ4v) is 1.91. The molecule has 0 amide bonds. The molecule has 2 N–H and O–H groups in total.